The highest BCUT2D eigenvalue weighted by Crippen LogP contribution is 2.42. The quantitative estimate of drug-likeness (QED) is 0.267. The lowest BCUT2D eigenvalue weighted by atomic mass is 9.74. The van der Waals surface area contributed by atoms with Crippen molar-refractivity contribution >= 4 is 29.2 Å². The van der Waals surface area contributed by atoms with Crippen LogP contribution in [0.15, 0.2) is 72.9 Å². The van der Waals surface area contributed by atoms with Crippen LogP contribution in [0.1, 0.15) is 96.8 Å². The van der Waals surface area contributed by atoms with Crippen molar-refractivity contribution < 1.29 is 18.8 Å². The lowest BCUT2D eigenvalue weighted by Gasteiger charge is -2.33. The lowest BCUT2D eigenvalue weighted by molar-refractivity contribution is -0.122. The number of aromatic nitrogens is 1. The van der Waals surface area contributed by atoms with E-state index in [-0.39, 0.29) is 41.8 Å². The Morgan fingerprint density at radius 1 is 0.909 bits per heavy atom. The summed E-state index contributed by atoms with van der Waals surface area (Å²) in [7, 11) is 0. The Balaban J connectivity index is 1.11. The zero-order valence-electron chi connectivity index (χ0n) is 25.1. The summed E-state index contributed by atoms with van der Waals surface area (Å²) in [6, 6.07) is 21.6. The molecule has 1 amide bonds. The van der Waals surface area contributed by atoms with Gasteiger partial charge < -0.3 is 5.32 Å². The van der Waals surface area contributed by atoms with Crippen LogP contribution in [-0.4, -0.2) is 40.0 Å². The molecule has 6 rings (SSSR count). The summed E-state index contributed by atoms with van der Waals surface area (Å²) in [5.41, 5.74) is 3.01. The van der Waals surface area contributed by atoms with E-state index in [2.05, 4.69) is 34.6 Å². The van der Waals surface area contributed by atoms with E-state index in [4.69, 9.17) is 0 Å². The number of hydrogen-bond acceptors (Lipinski definition) is 5. The molecule has 2 aromatic carbocycles. The zero-order chi connectivity index (χ0) is 30.5. The fourth-order valence-corrected chi connectivity index (χ4v) is 8.81. The molecule has 7 heteroatoms. The summed E-state index contributed by atoms with van der Waals surface area (Å²) in [6.07, 6.45) is 7.54. The van der Waals surface area contributed by atoms with Crippen molar-refractivity contribution in [3.8, 4) is 0 Å². The molecule has 2 fully saturated rings. The maximum atomic E-state index is 14.4. The number of carbonyl (C=O) groups is 3. The number of rotatable bonds is 8. The first-order valence-electron chi connectivity index (χ1n) is 16.2. The van der Waals surface area contributed by atoms with E-state index in [1.807, 2.05) is 48.2 Å². The van der Waals surface area contributed by atoms with E-state index in [1.54, 1.807) is 0 Å². The molecule has 2 heterocycles. The molecule has 5 nitrogen and oxygen atoms in total. The van der Waals surface area contributed by atoms with Crippen LogP contribution in [0.2, 0.25) is 0 Å². The van der Waals surface area contributed by atoms with E-state index < -0.39 is 17.7 Å². The third kappa shape index (κ3) is 7.14. The van der Waals surface area contributed by atoms with Gasteiger partial charge in [-0.05, 0) is 85.5 Å². The second-order valence-corrected chi connectivity index (χ2v) is 14.1. The lowest BCUT2D eigenvalue weighted by Crippen LogP contribution is -2.40. The van der Waals surface area contributed by atoms with Gasteiger partial charge in [0.1, 0.15) is 11.6 Å². The van der Waals surface area contributed by atoms with Crippen molar-refractivity contribution in [1.29, 1.82) is 0 Å². The number of ketones is 2. The number of halogens is 1. The van der Waals surface area contributed by atoms with Gasteiger partial charge in [-0.2, -0.15) is 11.8 Å². The average Bonchev–Trinajstić information content (AvgIpc) is 3.15. The molecule has 3 aliphatic rings. The molecule has 0 spiro atoms. The monoisotopic (exact) mass is 612 g/mol. The highest BCUT2D eigenvalue weighted by molar-refractivity contribution is 7.99. The third-order valence-corrected chi connectivity index (χ3v) is 11.1. The average molecular weight is 613 g/mol. The van der Waals surface area contributed by atoms with Gasteiger partial charge in [-0.1, -0.05) is 60.7 Å². The number of amides is 1. The summed E-state index contributed by atoms with van der Waals surface area (Å²) in [4.78, 5) is 45.3. The Morgan fingerprint density at radius 2 is 1.55 bits per heavy atom. The summed E-state index contributed by atoms with van der Waals surface area (Å²) >= 11 is 1.95. The van der Waals surface area contributed by atoms with Gasteiger partial charge in [0.2, 0.25) is 5.91 Å². The van der Waals surface area contributed by atoms with Crippen LogP contribution >= 0.6 is 11.8 Å². The molecule has 2 atom stereocenters. The minimum absolute atomic E-state index is 0.0197. The first-order valence-corrected chi connectivity index (χ1v) is 17.3. The molecule has 1 aliphatic heterocycles. The van der Waals surface area contributed by atoms with Crippen molar-refractivity contribution in [1.82, 2.24) is 10.3 Å². The largest absolute Gasteiger partial charge is 0.353 e. The first kappa shape index (κ1) is 30.7. The van der Waals surface area contributed by atoms with Gasteiger partial charge in [0, 0.05) is 36.3 Å². The molecule has 0 radical (unpaired) electrons. The predicted molar refractivity (Wildman–Crippen MR) is 172 cm³/mol. The van der Waals surface area contributed by atoms with E-state index >= 15 is 0 Å². The zero-order valence-corrected chi connectivity index (χ0v) is 25.9. The molecule has 2 aliphatic carbocycles. The number of nitrogens with zero attached hydrogens (tertiary/aromatic N) is 1. The van der Waals surface area contributed by atoms with Crippen molar-refractivity contribution in [2.24, 2.45) is 17.8 Å². The fraction of sp³-hybridized carbons (Fsp3) is 0.459. The number of hydrogen-bond donors (Lipinski definition) is 1. The van der Waals surface area contributed by atoms with Crippen LogP contribution in [0, 0.1) is 23.6 Å². The van der Waals surface area contributed by atoms with Crippen LogP contribution in [0.3, 0.4) is 0 Å². The molecule has 1 N–H and O–H groups in total. The fourth-order valence-electron chi connectivity index (χ4n) is 7.60. The Hall–Kier alpha value is -3.32. The van der Waals surface area contributed by atoms with E-state index in [0.29, 0.717) is 30.0 Å². The molecule has 230 valence electrons. The van der Waals surface area contributed by atoms with E-state index in [1.165, 1.54) is 6.07 Å². The second kappa shape index (κ2) is 14.2. The topological polar surface area (TPSA) is 76.1 Å². The van der Waals surface area contributed by atoms with Crippen LogP contribution < -0.4 is 5.32 Å². The van der Waals surface area contributed by atoms with Crippen LogP contribution in [-0.2, 0) is 9.59 Å². The third-order valence-electron chi connectivity index (χ3n) is 10.0. The first-order chi connectivity index (χ1) is 21.5. The smallest absolute Gasteiger partial charge is 0.221 e. The number of benzene rings is 2. The highest BCUT2D eigenvalue weighted by atomic mass is 32.2. The van der Waals surface area contributed by atoms with Gasteiger partial charge >= 0.3 is 0 Å². The molecular formula is C37H41FN2O3S. The van der Waals surface area contributed by atoms with Gasteiger partial charge in [-0.15, -0.1) is 0 Å². The molecular weight excluding hydrogens is 571 g/mol. The molecule has 3 aromatic rings. The maximum absolute atomic E-state index is 14.4. The number of carbonyl (C=O) groups excluding carboxylic acids is 3. The van der Waals surface area contributed by atoms with E-state index in [9.17, 15) is 18.8 Å². The summed E-state index contributed by atoms with van der Waals surface area (Å²) in [5.74, 6) is 1.13. The Bertz CT molecular complexity index is 1410. The minimum Gasteiger partial charge on any atom is -0.353 e. The number of thioether (sulfide) groups is 1. The number of pyridine rings is 1. The van der Waals surface area contributed by atoms with Gasteiger partial charge in [-0.25, -0.2) is 4.39 Å². The van der Waals surface area contributed by atoms with Crippen molar-refractivity contribution in [3.05, 3.63) is 101 Å². The Labute approximate surface area is 263 Å². The summed E-state index contributed by atoms with van der Waals surface area (Å²) < 4.78 is 14.4. The van der Waals surface area contributed by atoms with Gasteiger partial charge in [0.15, 0.2) is 5.78 Å². The maximum Gasteiger partial charge on any atom is 0.221 e. The summed E-state index contributed by atoms with van der Waals surface area (Å²) in [5, 5.41) is 3.27. The number of fused-ring (bicyclic) bond motifs is 1. The van der Waals surface area contributed by atoms with E-state index in [0.717, 1.165) is 67.4 Å². The predicted octanol–water partition coefficient (Wildman–Crippen LogP) is 7.51. The van der Waals surface area contributed by atoms with Crippen LogP contribution in [0.25, 0.3) is 0 Å². The normalized spacial score (nSPS) is 24.5. The SMILES string of the molecule is O=C(CC(c1ccccc1)c1ccccc1)NC1CCC(C2CC(=O)C(CC3CCSCC3)c3ncc(F)cc3C2=O)CC1. The molecule has 1 saturated heterocycles. The van der Waals surface area contributed by atoms with Gasteiger partial charge in [0.05, 0.1) is 17.8 Å². The van der Waals surface area contributed by atoms with Gasteiger partial charge in [0.25, 0.3) is 0 Å². The van der Waals surface area contributed by atoms with Crippen LogP contribution in [0.4, 0.5) is 4.39 Å². The second-order valence-electron chi connectivity index (χ2n) is 12.8. The minimum atomic E-state index is -0.534. The molecule has 1 aromatic heterocycles. The number of Topliss-reactive ketones (excluding diaryl/α,β-unsaturated/α-hetero) is 2. The van der Waals surface area contributed by atoms with Gasteiger partial charge in [-0.3, -0.25) is 19.4 Å². The van der Waals surface area contributed by atoms with Crippen molar-refractivity contribution in [3.63, 3.8) is 0 Å². The molecule has 1 saturated carbocycles. The number of nitrogens with one attached hydrogen (secondary N) is 1. The van der Waals surface area contributed by atoms with Crippen molar-refractivity contribution in [2.45, 2.75) is 75.7 Å². The Morgan fingerprint density at radius 3 is 2.18 bits per heavy atom. The molecule has 2 unspecified atom stereocenters. The van der Waals surface area contributed by atoms with Crippen molar-refractivity contribution in [2.75, 3.05) is 11.5 Å². The molecule has 44 heavy (non-hydrogen) atoms. The van der Waals surface area contributed by atoms with Crippen LogP contribution in [0.5, 0.6) is 0 Å². The summed E-state index contributed by atoms with van der Waals surface area (Å²) in [6.45, 7) is 0. The standard InChI is InChI=1S/C37H41FN2O3S/c38-28-20-33-36(39-23-28)32(19-24-15-17-44-18-16-24)34(41)21-31(37(33)43)27-11-13-29(14-12-27)40-35(42)22-30(25-7-3-1-4-8-25)26-9-5-2-6-10-26/h1-10,20,23-24,27,29-32H,11-19,21-22H2,(H,40,42). The Kier molecular flexibility index (Phi) is 9.90. The molecule has 0 bridgehead atoms. The highest BCUT2D eigenvalue weighted by Gasteiger charge is 2.42.